The van der Waals surface area contributed by atoms with Crippen molar-refractivity contribution in [2.75, 3.05) is 12.0 Å². The van der Waals surface area contributed by atoms with Gasteiger partial charge in [-0.15, -0.1) is 11.8 Å². The maximum Gasteiger partial charge on any atom is 0.0452 e. The van der Waals surface area contributed by atoms with Gasteiger partial charge < -0.3 is 5.73 Å². The van der Waals surface area contributed by atoms with Gasteiger partial charge in [0.15, 0.2) is 0 Å². The van der Waals surface area contributed by atoms with E-state index >= 15 is 0 Å². The average Bonchev–Trinajstić information content (AvgIpc) is 2.31. The Morgan fingerprint density at radius 1 is 1.20 bits per heavy atom. The van der Waals surface area contributed by atoms with Crippen LogP contribution in [0.4, 0.5) is 5.69 Å². The fourth-order valence-electron chi connectivity index (χ4n) is 2.42. The first kappa shape index (κ1) is 10.9. The second kappa shape index (κ2) is 4.93. The Bertz CT molecular complexity index is 329. The molecule has 1 aromatic carbocycles. The molecule has 1 aromatic rings. The van der Waals surface area contributed by atoms with Gasteiger partial charge in [0.25, 0.3) is 0 Å². The van der Waals surface area contributed by atoms with E-state index in [0.29, 0.717) is 0 Å². The van der Waals surface area contributed by atoms with Crippen molar-refractivity contribution in [1.82, 2.24) is 0 Å². The van der Waals surface area contributed by atoms with E-state index in [0.717, 1.165) is 11.6 Å². The fourth-order valence-corrected chi connectivity index (χ4v) is 2.98. The first-order valence-electron chi connectivity index (χ1n) is 5.74. The Kier molecular flexibility index (Phi) is 3.57. The van der Waals surface area contributed by atoms with Crippen molar-refractivity contribution in [3.05, 3.63) is 23.8 Å². The van der Waals surface area contributed by atoms with E-state index < -0.39 is 0 Å². The normalized spacial score (nSPS) is 17.9. The lowest BCUT2D eigenvalue weighted by molar-refractivity contribution is 0.443. The van der Waals surface area contributed by atoms with Crippen molar-refractivity contribution in [2.45, 2.75) is 42.9 Å². The van der Waals surface area contributed by atoms with E-state index in [1.165, 1.54) is 42.6 Å². The highest BCUT2D eigenvalue weighted by molar-refractivity contribution is 7.98. The number of rotatable bonds is 2. The topological polar surface area (TPSA) is 26.0 Å². The van der Waals surface area contributed by atoms with E-state index in [4.69, 9.17) is 5.73 Å². The fraction of sp³-hybridized carbons (Fsp3) is 0.538. The molecule has 1 aliphatic rings. The number of nitrogen functional groups attached to an aromatic ring is 1. The Balaban J connectivity index is 2.20. The molecule has 0 radical (unpaired) electrons. The molecule has 0 saturated heterocycles. The van der Waals surface area contributed by atoms with E-state index in [1.54, 1.807) is 11.8 Å². The maximum absolute atomic E-state index is 5.91. The number of hydrogen-bond donors (Lipinski definition) is 1. The van der Waals surface area contributed by atoms with E-state index in [1.807, 2.05) is 0 Å². The Labute approximate surface area is 96.4 Å². The zero-order valence-electron chi connectivity index (χ0n) is 9.33. The van der Waals surface area contributed by atoms with Gasteiger partial charge in [-0.05, 0) is 42.7 Å². The summed E-state index contributed by atoms with van der Waals surface area (Å²) in [5.41, 5.74) is 8.32. The summed E-state index contributed by atoms with van der Waals surface area (Å²) in [7, 11) is 0. The van der Waals surface area contributed by atoms with Crippen LogP contribution >= 0.6 is 11.8 Å². The highest BCUT2D eigenvalue weighted by Crippen LogP contribution is 2.35. The molecule has 1 fully saturated rings. The van der Waals surface area contributed by atoms with Crippen LogP contribution in [0.5, 0.6) is 0 Å². The van der Waals surface area contributed by atoms with Crippen LogP contribution in [0.15, 0.2) is 23.1 Å². The number of thioether (sulfide) groups is 1. The summed E-state index contributed by atoms with van der Waals surface area (Å²) < 4.78 is 0. The van der Waals surface area contributed by atoms with Gasteiger partial charge in [0, 0.05) is 10.6 Å². The third-order valence-electron chi connectivity index (χ3n) is 3.33. The molecule has 1 aliphatic carbocycles. The molecule has 0 aliphatic heterocycles. The summed E-state index contributed by atoms with van der Waals surface area (Å²) in [6.45, 7) is 0. The number of anilines is 1. The summed E-state index contributed by atoms with van der Waals surface area (Å²) >= 11 is 1.75. The highest BCUT2D eigenvalue weighted by atomic mass is 32.2. The minimum Gasteiger partial charge on any atom is -0.398 e. The summed E-state index contributed by atoms with van der Waals surface area (Å²) in [6.07, 6.45) is 9.01. The SMILES string of the molecule is CSc1cc(C2CCCCC2)ccc1N. The maximum atomic E-state index is 5.91. The molecule has 0 bridgehead atoms. The van der Waals surface area contributed by atoms with E-state index in [-0.39, 0.29) is 0 Å². The van der Waals surface area contributed by atoms with Crippen molar-refractivity contribution in [1.29, 1.82) is 0 Å². The molecular formula is C13H19NS. The second-order valence-corrected chi connectivity index (χ2v) is 5.18. The lowest BCUT2D eigenvalue weighted by Gasteiger charge is -2.22. The Morgan fingerprint density at radius 3 is 2.60 bits per heavy atom. The number of nitrogens with two attached hydrogens (primary N) is 1. The Hall–Kier alpha value is -0.630. The van der Waals surface area contributed by atoms with E-state index in [2.05, 4.69) is 24.5 Å². The van der Waals surface area contributed by atoms with Gasteiger partial charge in [-0.1, -0.05) is 25.3 Å². The molecular weight excluding hydrogens is 202 g/mol. The lowest BCUT2D eigenvalue weighted by atomic mass is 9.84. The third kappa shape index (κ3) is 2.49. The van der Waals surface area contributed by atoms with Crippen molar-refractivity contribution in [2.24, 2.45) is 0 Å². The van der Waals surface area contributed by atoms with Gasteiger partial charge >= 0.3 is 0 Å². The van der Waals surface area contributed by atoms with Crippen LogP contribution in [0, 0.1) is 0 Å². The predicted octanol–water partition coefficient (Wildman–Crippen LogP) is 4.04. The average molecular weight is 221 g/mol. The molecule has 1 saturated carbocycles. The summed E-state index contributed by atoms with van der Waals surface area (Å²) in [5.74, 6) is 0.783. The molecule has 2 N–H and O–H groups in total. The minimum absolute atomic E-state index is 0.783. The van der Waals surface area contributed by atoms with Crippen LogP contribution in [-0.4, -0.2) is 6.26 Å². The van der Waals surface area contributed by atoms with Crippen molar-refractivity contribution in [3.63, 3.8) is 0 Å². The van der Waals surface area contributed by atoms with Crippen molar-refractivity contribution in [3.8, 4) is 0 Å². The third-order valence-corrected chi connectivity index (χ3v) is 4.13. The summed E-state index contributed by atoms with van der Waals surface area (Å²) in [4.78, 5) is 1.23. The van der Waals surface area contributed by atoms with Crippen LogP contribution in [-0.2, 0) is 0 Å². The molecule has 0 unspecified atom stereocenters. The Morgan fingerprint density at radius 2 is 1.93 bits per heavy atom. The molecule has 82 valence electrons. The molecule has 1 nitrogen and oxygen atoms in total. The van der Waals surface area contributed by atoms with Gasteiger partial charge in [-0.25, -0.2) is 0 Å². The molecule has 0 atom stereocenters. The highest BCUT2D eigenvalue weighted by Gasteiger charge is 2.15. The quantitative estimate of drug-likeness (QED) is 0.602. The number of benzene rings is 1. The molecule has 0 heterocycles. The molecule has 2 rings (SSSR count). The van der Waals surface area contributed by atoms with Gasteiger partial charge in [0.1, 0.15) is 0 Å². The second-order valence-electron chi connectivity index (χ2n) is 4.34. The van der Waals surface area contributed by atoms with Crippen LogP contribution in [0.3, 0.4) is 0 Å². The van der Waals surface area contributed by atoms with Crippen LogP contribution in [0.1, 0.15) is 43.6 Å². The van der Waals surface area contributed by atoms with Gasteiger partial charge in [0.2, 0.25) is 0 Å². The monoisotopic (exact) mass is 221 g/mol. The largest absolute Gasteiger partial charge is 0.398 e. The minimum atomic E-state index is 0.783. The van der Waals surface area contributed by atoms with Gasteiger partial charge in [0.05, 0.1) is 0 Å². The van der Waals surface area contributed by atoms with Crippen molar-refractivity contribution >= 4 is 17.4 Å². The zero-order valence-corrected chi connectivity index (χ0v) is 10.1. The molecule has 2 heteroatoms. The molecule has 0 spiro atoms. The van der Waals surface area contributed by atoms with Crippen molar-refractivity contribution < 1.29 is 0 Å². The van der Waals surface area contributed by atoms with Crippen LogP contribution in [0.25, 0.3) is 0 Å². The van der Waals surface area contributed by atoms with Crippen LogP contribution in [0.2, 0.25) is 0 Å². The smallest absolute Gasteiger partial charge is 0.0452 e. The van der Waals surface area contributed by atoms with Gasteiger partial charge in [-0.2, -0.15) is 0 Å². The van der Waals surface area contributed by atoms with Gasteiger partial charge in [-0.3, -0.25) is 0 Å². The molecule has 15 heavy (non-hydrogen) atoms. The summed E-state index contributed by atoms with van der Waals surface area (Å²) in [6, 6.07) is 6.57. The first-order valence-corrected chi connectivity index (χ1v) is 6.97. The summed E-state index contributed by atoms with van der Waals surface area (Å²) in [5, 5.41) is 0. The first-order chi connectivity index (χ1) is 7.31. The standard InChI is InChI=1S/C13H19NS/c1-15-13-9-11(7-8-12(13)14)10-5-3-2-4-6-10/h7-10H,2-6,14H2,1H3. The van der Waals surface area contributed by atoms with E-state index in [9.17, 15) is 0 Å². The van der Waals surface area contributed by atoms with Crippen LogP contribution < -0.4 is 5.73 Å². The molecule has 0 aromatic heterocycles. The zero-order chi connectivity index (χ0) is 10.7. The number of hydrogen-bond acceptors (Lipinski definition) is 2. The molecule has 0 amide bonds. The lowest BCUT2D eigenvalue weighted by Crippen LogP contribution is -2.04. The predicted molar refractivity (Wildman–Crippen MR) is 68.5 cm³/mol.